The van der Waals surface area contributed by atoms with Crippen molar-refractivity contribution in [3.8, 4) is 11.3 Å². The zero-order valence-electron chi connectivity index (χ0n) is 15.5. The smallest absolute Gasteiger partial charge is 0.243 e. The Morgan fingerprint density at radius 1 is 1.25 bits per heavy atom. The van der Waals surface area contributed by atoms with Crippen LogP contribution in [0.1, 0.15) is 36.1 Å². The predicted octanol–water partition coefficient (Wildman–Crippen LogP) is 3.93. The lowest BCUT2D eigenvalue weighted by atomic mass is 10.0. The lowest BCUT2D eigenvalue weighted by Gasteiger charge is -2.25. The quantitative estimate of drug-likeness (QED) is 0.637. The summed E-state index contributed by atoms with van der Waals surface area (Å²) in [7, 11) is -3.72. The topological polar surface area (TPSA) is 89.2 Å². The van der Waals surface area contributed by atoms with Crippen LogP contribution >= 0.6 is 11.6 Å². The second-order valence-corrected chi connectivity index (χ2v) is 9.11. The molecule has 0 saturated carbocycles. The number of aromatic nitrogens is 3. The van der Waals surface area contributed by atoms with E-state index >= 15 is 0 Å². The summed E-state index contributed by atoms with van der Waals surface area (Å²) in [4.78, 5) is 9.03. The Labute approximate surface area is 168 Å². The Bertz CT molecular complexity index is 1130. The molecule has 1 atom stereocenters. The van der Waals surface area contributed by atoms with Gasteiger partial charge in [-0.3, -0.25) is 0 Å². The van der Waals surface area contributed by atoms with Gasteiger partial charge in [-0.15, -0.1) is 0 Å². The first-order chi connectivity index (χ1) is 13.4. The summed E-state index contributed by atoms with van der Waals surface area (Å²) in [5.74, 6) is 1.10. The highest BCUT2D eigenvalue weighted by Crippen LogP contribution is 2.40. The van der Waals surface area contributed by atoms with Gasteiger partial charge in [0.25, 0.3) is 0 Å². The molecule has 7 nitrogen and oxygen atoms in total. The summed E-state index contributed by atoms with van der Waals surface area (Å²) in [6, 6.07) is 7.70. The first-order valence-corrected chi connectivity index (χ1v) is 10.7. The fraction of sp³-hybridized carbons (Fsp3) is 0.316. The molecule has 0 bridgehead atoms. The second kappa shape index (κ2) is 7.27. The molecular formula is C19H19ClN4O3S. The van der Waals surface area contributed by atoms with E-state index in [-0.39, 0.29) is 4.90 Å². The SMILES string of the molecule is Cc1cc(-c2cnc(C)nc2[C@@H]2CCCN2S(=O)(=O)c2cccc(Cl)c2)on1. The lowest BCUT2D eigenvalue weighted by Crippen LogP contribution is -2.31. The monoisotopic (exact) mass is 418 g/mol. The van der Waals surface area contributed by atoms with Crippen LogP contribution in [-0.2, 0) is 10.0 Å². The zero-order chi connectivity index (χ0) is 19.9. The molecule has 3 heterocycles. The van der Waals surface area contributed by atoms with Crippen LogP contribution in [0, 0.1) is 13.8 Å². The van der Waals surface area contributed by atoms with Gasteiger partial charge >= 0.3 is 0 Å². The molecule has 1 aromatic carbocycles. The first kappa shape index (κ1) is 19.0. The third kappa shape index (κ3) is 3.43. The maximum atomic E-state index is 13.3. The Morgan fingerprint density at radius 3 is 2.79 bits per heavy atom. The molecule has 1 aliphatic heterocycles. The summed E-state index contributed by atoms with van der Waals surface area (Å²) in [5.41, 5.74) is 2.02. The molecule has 0 spiro atoms. The summed E-state index contributed by atoms with van der Waals surface area (Å²) in [5, 5.41) is 4.31. The minimum Gasteiger partial charge on any atom is -0.356 e. The third-order valence-corrected chi connectivity index (χ3v) is 6.89. The highest BCUT2D eigenvalue weighted by atomic mass is 35.5. The molecule has 1 aliphatic rings. The molecule has 28 heavy (non-hydrogen) atoms. The molecule has 146 valence electrons. The number of hydrogen-bond acceptors (Lipinski definition) is 6. The largest absolute Gasteiger partial charge is 0.356 e. The van der Waals surface area contributed by atoms with E-state index in [9.17, 15) is 8.42 Å². The van der Waals surface area contributed by atoms with Crippen molar-refractivity contribution in [1.82, 2.24) is 19.4 Å². The Hall–Kier alpha value is -2.29. The maximum Gasteiger partial charge on any atom is 0.243 e. The third-order valence-electron chi connectivity index (χ3n) is 4.75. The summed E-state index contributed by atoms with van der Waals surface area (Å²) >= 11 is 6.02. The summed E-state index contributed by atoms with van der Waals surface area (Å²) in [6.07, 6.45) is 3.07. The number of rotatable bonds is 4. The second-order valence-electron chi connectivity index (χ2n) is 6.78. The molecular weight excluding hydrogens is 400 g/mol. The molecule has 0 unspecified atom stereocenters. The van der Waals surface area contributed by atoms with E-state index < -0.39 is 16.1 Å². The van der Waals surface area contributed by atoms with Gasteiger partial charge in [0.1, 0.15) is 5.82 Å². The van der Waals surface area contributed by atoms with Gasteiger partial charge in [-0.1, -0.05) is 22.8 Å². The molecule has 9 heteroatoms. The number of halogens is 1. The van der Waals surface area contributed by atoms with E-state index in [1.54, 1.807) is 37.4 Å². The van der Waals surface area contributed by atoms with E-state index in [0.717, 1.165) is 12.1 Å². The van der Waals surface area contributed by atoms with Crippen LogP contribution in [0.4, 0.5) is 0 Å². The fourth-order valence-corrected chi connectivity index (χ4v) is 5.45. The minimum atomic E-state index is -3.72. The molecule has 1 fully saturated rings. The van der Waals surface area contributed by atoms with Gasteiger partial charge in [-0.2, -0.15) is 4.31 Å². The van der Waals surface area contributed by atoms with Crippen LogP contribution in [0.2, 0.25) is 5.02 Å². The van der Waals surface area contributed by atoms with E-state index in [0.29, 0.717) is 40.8 Å². The highest BCUT2D eigenvalue weighted by Gasteiger charge is 2.38. The van der Waals surface area contributed by atoms with E-state index in [2.05, 4.69) is 15.1 Å². The van der Waals surface area contributed by atoms with Gasteiger partial charge in [-0.25, -0.2) is 18.4 Å². The molecule has 0 amide bonds. The van der Waals surface area contributed by atoms with Gasteiger partial charge in [0, 0.05) is 23.8 Å². The van der Waals surface area contributed by atoms with Crippen LogP contribution in [0.5, 0.6) is 0 Å². The van der Waals surface area contributed by atoms with Crippen molar-refractivity contribution in [2.24, 2.45) is 0 Å². The van der Waals surface area contributed by atoms with Crippen LogP contribution in [0.25, 0.3) is 11.3 Å². The van der Waals surface area contributed by atoms with Gasteiger partial charge in [0.2, 0.25) is 10.0 Å². The van der Waals surface area contributed by atoms with Crippen molar-refractivity contribution in [3.05, 3.63) is 58.8 Å². The van der Waals surface area contributed by atoms with Crippen LogP contribution in [-0.4, -0.2) is 34.4 Å². The van der Waals surface area contributed by atoms with E-state index in [1.807, 2.05) is 6.92 Å². The van der Waals surface area contributed by atoms with Crippen LogP contribution < -0.4 is 0 Å². The number of benzene rings is 1. The molecule has 3 aromatic rings. The molecule has 1 saturated heterocycles. The molecule has 0 radical (unpaired) electrons. The van der Waals surface area contributed by atoms with E-state index in [1.165, 1.54) is 10.4 Å². The van der Waals surface area contributed by atoms with Gasteiger partial charge in [0.15, 0.2) is 5.76 Å². The van der Waals surface area contributed by atoms with Crippen LogP contribution in [0.3, 0.4) is 0 Å². The Balaban J connectivity index is 1.80. The molecule has 2 aromatic heterocycles. The van der Waals surface area contributed by atoms with Crippen molar-refractivity contribution >= 4 is 21.6 Å². The van der Waals surface area contributed by atoms with Gasteiger partial charge in [-0.05, 0) is 44.9 Å². The van der Waals surface area contributed by atoms with Crippen molar-refractivity contribution in [3.63, 3.8) is 0 Å². The van der Waals surface area contributed by atoms with Crippen molar-refractivity contribution in [1.29, 1.82) is 0 Å². The van der Waals surface area contributed by atoms with Crippen molar-refractivity contribution in [2.45, 2.75) is 37.6 Å². The molecule has 0 aliphatic carbocycles. The standard InChI is InChI=1S/C19H19ClN4O3S/c1-12-9-18(27-23-12)16-11-21-13(2)22-19(16)17-7-4-8-24(17)28(25,26)15-6-3-5-14(20)10-15/h3,5-6,9-11,17H,4,7-8H2,1-2H3/t17-/m0/s1. The Kier molecular flexibility index (Phi) is 4.95. The maximum absolute atomic E-state index is 13.3. The Morgan fingerprint density at radius 2 is 2.07 bits per heavy atom. The predicted molar refractivity (Wildman–Crippen MR) is 104 cm³/mol. The van der Waals surface area contributed by atoms with Crippen LogP contribution in [0.15, 0.2) is 45.9 Å². The van der Waals surface area contributed by atoms with Gasteiger partial charge < -0.3 is 4.52 Å². The number of sulfonamides is 1. The van der Waals surface area contributed by atoms with Gasteiger partial charge in [0.05, 0.1) is 27.9 Å². The highest BCUT2D eigenvalue weighted by molar-refractivity contribution is 7.89. The van der Waals surface area contributed by atoms with Crippen molar-refractivity contribution in [2.75, 3.05) is 6.54 Å². The number of aryl methyl sites for hydroxylation is 2. The van der Waals surface area contributed by atoms with E-state index in [4.69, 9.17) is 16.1 Å². The summed E-state index contributed by atoms with van der Waals surface area (Å²) in [6.45, 7) is 4.02. The number of hydrogen-bond donors (Lipinski definition) is 0. The lowest BCUT2D eigenvalue weighted by molar-refractivity contribution is 0.387. The fourth-order valence-electron chi connectivity index (χ4n) is 3.49. The average molecular weight is 419 g/mol. The zero-order valence-corrected chi connectivity index (χ0v) is 17.0. The first-order valence-electron chi connectivity index (χ1n) is 8.91. The number of nitrogens with zero attached hydrogens (tertiary/aromatic N) is 4. The summed E-state index contributed by atoms with van der Waals surface area (Å²) < 4.78 is 33.5. The normalized spacial score (nSPS) is 17.9. The average Bonchev–Trinajstić information content (AvgIpc) is 3.31. The minimum absolute atomic E-state index is 0.176. The van der Waals surface area contributed by atoms with Crippen molar-refractivity contribution < 1.29 is 12.9 Å². The molecule has 4 rings (SSSR count). The molecule has 0 N–H and O–H groups in total.